The highest BCUT2D eigenvalue weighted by molar-refractivity contribution is 5.67. The average Bonchev–Trinajstić information content (AvgIpc) is 2.46. The lowest BCUT2D eigenvalue weighted by Crippen LogP contribution is -2.47. The lowest BCUT2D eigenvalue weighted by Gasteiger charge is -2.30. The van der Waals surface area contributed by atoms with Gasteiger partial charge in [0, 0.05) is 19.1 Å². The summed E-state index contributed by atoms with van der Waals surface area (Å²) >= 11 is 0. The van der Waals surface area contributed by atoms with Crippen molar-refractivity contribution >= 4 is 6.09 Å². The van der Waals surface area contributed by atoms with Gasteiger partial charge in [-0.15, -0.1) is 0 Å². The van der Waals surface area contributed by atoms with Crippen LogP contribution in [0, 0.1) is 0 Å². The van der Waals surface area contributed by atoms with Crippen LogP contribution in [-0.2, 0) is 11.3 Å². The summed E-state index contributed by atoms with van der Waals surface area (Å²) in [5.41, 5.74) is 3.75. The van der Waals surface area contributed by atoms with Gasteiger partial charge in [0.05, 0.1) is 0 Å². The first-order valence-corrected chi connectivity index (χ1v) is 6.21. The Kier molecular flexibility index (Phi) is 4.55. The Hall–Kier alpha value is -1.59. The van der Waals surface area contributed by atoms with Crippen molar-refractivity contribution in [3.63, 3.8) is 0 Å². The molecule has 1 aliphatic heterocycles. The van der Waals surface area contributed by atoms with E-state index in [1.54, 1.807) is 4.90 Å². The first kappa shape index (κ1) is 12.9. The maximum Gasteiger partial charge on any atom is 0.410 e. The first-order chi connectivity index (χ1) is 8.79. The van der Waals surface area contributed by atoms with E-state index >= 15 is 0 Å². The van der Waals surface area contributed by atoms with Crippen LogP contribution in [-0.4, -0.2) is 30.1 Å². The van der Waals surface area contributed by atoms with Gasteiger partial charge in [-0.1, -0.05) is 30.3 Å². The van der Waals surface area contributed by atoms with Crippen molar-refractivity contribution in [1.29, 1.82) is 0 Å². The Labute approximate surface area is 107 Å². The average molecular weight is 249 g/mol. The number of nitrogens with two attached hydrogens (primary N) is 1. The molecule has 5 nitrogen and oxygen atoms in total. The smallest absolute Gasteiger partial charge is 0.410 e. The van der Waals surface area contributed by atoms with E-state index < -0.39 is 0 Å². The molecule has 1 saturated heterocycles. The van der Waals surface area contributed by atoms with Crippen molar-refractivity contribution in [3.8, 4) is 0 Å². The van der Waals surface area contributed by atoms with Crippen LogP contribution in [0.15, 0.2) is 30.3 Å². The van der Waals surface area contributed by atoms with Crippen LogP contribution in [0.3, 0.4) is 0 Å². The Morgan fingerprint density at radius 2 is 2.00 bits per heavy atom. The van der Waals surface area contributed by atoms with Crippen molar-refractivity contribution in [2.75, 3.05) is 13.1 Å². The molecule has 1 aliphatic rings. The molecule has 98 valence electrons. The number of amides is 1. The molecule has 0 atom stereocenters. The van der Waals surface area contributed by atoms with Crippen molar-refractivity contribution in [2.45, 2.75) is 25.5 Å². The zero-order valence-electron chi connectivity index (χ0n) is 10.3. The van der Waals surface area contributed by atoms with Crippen LogP contribution in [0.25, 0.3) is 0 Å². The van der Waals surface area contributed by atoms with E-state index in [2.05, 4.69) is 5.43 Å². The van der Waals surface area contributed by atoms with Gasteiger partial charge in [0.1, 0.15) is 6.61 Å². The molecule has 0 aliphatic carbocycles. The van der Waals surface area contributed by atoms with E-state index in [9.17, 15) is 4.79 Å². The summed E-state index contributed by atoms with van der Waals surface area (Å²) in [4.78, 5) is 13.6. The largest absolute Gasteiger partial charge is 0.445 e. The third-order valence-electron chi connectivity index (χ3n) is 3.19. The SMILES string of the molecule is NNC1CCN(C(=O)OCc2ccccc2)CC1. The molecule has 1 fully saturated rings. The number of nitrogens with one attached hydrogen (secondary N) is 1. The highest BCUT2D eigenvalue weighted by atomic mass is 16.6. The van der Waals surface area contributed by atoms with Gasteiger partial charge < -0.3 is 9.64 Å². The van der Waals surface area contributed by atoms with E-state index in [0.717, 1.165) is 18.4 Å². The Morgan fingerprint density at radius 3 is 2.61 bits per heavy atom. The van der Waals surface area contributed by atoms with Crippen LogP contribution < -0.4 is 11.3 Å². The van der Waals surface area contributed by atoms with Crippen molar-refractivity contribution in [1.82, 2.24) is 10.3 Å². The molecule has 1 amide bonds. The maximum atomic E-state index is 11.8. The minimum absolute atomic E-state index is 0.241. The van der Waals surface area contributed by atoms with Crippen molar-refractivity contribution in [2.24, 2.45) is 5.84 Å². The summed E-state index contributed by atoms with van der Waals surface area (Å²) in [5.74, 6) is 5.37. The number of likely N-dealkylation sites (tertiary alicyclic amines) is 1. The second-order valence-electron chi connectivity index (χ2n) is 4.47. The number of hydrogen-bond donors (Lipinski definition) is 2. The lowest BCUT2D eigenvalue weighted by atomic mass is 10.1. The molecule has 0 saturated carbocycles. The van der Waals surface area contributed by atoms with Gasteiger partial charge in [0.25, 0.3) is 0 Å². The zero-order valence-corrected chi connectivity index (χ0v) is 10.3. The van der Waals surface area contributed by atoms with Gasteiger partial charge in [-0.3, -0.25) is 11.3 Å². The number of piperidine rings is 1. The third kappa shape index (κ3) is 3.45. The van der Waals surface area contributed by atoms with Gasteiger partial charge in [-0.25, -0.2) is 4.79 Å². The van der Waals surface area contributed by atoms with Crippen LogP contribution in [0.4, 0.5) is 4.79 Å². The molecule has 2 rings (SSSR count). The second kappa shape index (κ2) is 6.37. The molecule has 5 heteroatoms. The van der Waals surface area contributed by atoms with Gasteiger partial charge in [-0.05, 0) is 18.4 Å². The molecular weight excluding hydrogens is 230 g/mol. The highest BCUT2D eigenvalue weighted by Crippen LogP contribution is 2.11. The summed E-state index contributed by atoms with van der Waals surface area (Å²) < 4.78 is 5.27. The quantitative estimate of drug-likeness (QED) is 0.625. The molecule has 1 aromatic rings. The molecule has 0 unspecified atom stereocenters. The summed E-state index contributed by atoms with van der Waals surface area (Å²) in [5, 5.41) is 0. The fourth-order valence-electron chi connectivity index (χ4n) is 2.04. The van der Waals surface area contributed by atoms with Gasteiger partial charge in [-0.2, -0.15) is 0 Å². The molecule has 18 heavy (non-hydrogen) atoms. The summed E-state index contributed by atoms with van der Waals surface area (Å²) in [7, 11) is 0. The van der Waals surface area contributed by atoms with E-state index in [1.165, 1.54) is 0 Å². The number of benzene rings is 1. The molecule has 0 spiro atoms. The number of carbonyl (C=O) groups excluding carboxylic acids is 1. The molecule has 1 heterocycles. The van der Waals surface area contributed by atoms with Gasteiger partial charge in [0.2, 0.25) is 0 Å². The van der Waals surface area contributed by atoms with E-state index in [0.29, 0.717) is 25.7 Å². The van der Waals surface area contributed by atoms with Crippen LogP contribution in [0.1, 0.15) is 18.4 Å². The molecule has 0 radical (unpaired) electrons. The standard InChI is InChI=1S/C13H19N3O2/c14-15-12-6-8-16(9-7-12)13(17)18-10-11-4-2-1-3-5-11/h1-5,12,15H,6-10,14H2. The fraction of sp³-hybridized carbons (Fsp3) is 0.462. The van der Waals surface area contributed by atoms with Gasteiger partial charge in [0.15, 0.2) is 0 Å². The third-order valence-corrected chi connectivity index (χ3v) is 3.19. The number of nitrogens with zero attached hydrogens (tertiary/aromatic N) is 1. The second-order valence-corrected chi connectivity index (χ2v) is 4.47. The number of carbonyl (C=O) groups is 1. The van der Waals surface area contributed by atoms with Crippen molar-refractivity contribution in [3.05, 3.63) is 35.9 Å². The van der Waals surface area contributed by atoms with Crippen molar-refractivity contribution < 1.29 is 9.53 Å². The molecule has 0 aromatic heterocycles. The van der Waals surface area contributed by atoms with Crippen LogP contribution >= 0.6 is 0 Å². The molecular formula is C13H19N3O2. The van der Waals surface area contributed by atoms with Crippen LogP contribution in [0.2, 0.25) is 0 Å². The first-order valence-electron chi connectivity index (χ1n) is 6.21. The minimum Gasteiger partial charge on any atom is -0.445 e. The number of ether oxygens (including phenoxy) is 1. The van der Waals surface area contributed by atoms with Crippen LogP contribution in [0.5, 0.6) is 0 Å². The van der Waals surface area contributed by atoms with E-state index in [1.807, 2.05) is 30.3 Å². The molecule has 0 bridgehead atoms. The molecule has 3 N–H and O–H groups in total. The lowest BCUT2D eigenvalue weighted by molar-refractivity contribution is 0.0853. The minimum atomic E-state index is -0.241. The summed E-state index contributed by atoms with van der Waals surface area (Å²) in [6.07, 6.45) is 1.50. The maximum absolute atomic E-state index is 11.8. The normalized spacial score (nSPS) is 16.6. The fourth-order valence-corrected chi connectivity index (χ4v) is 2.04. The highest BCUT2D eigenvalue weighted by Gasteiger charge is 2.22. The molecule has 1 aromatic carbocycles. The van der Waals surface area contributed by atoms with E-state index in [-0.39, 0.29) is 6.09 Å². The van der Waals surface area contributed by atoms with E-state index in [4.69, 9.17) is 10.6 Å². The summed E-state index contributed by atoms with van der Waals surface area (Å²) in [6, 6.07) is 10.00. The number of hydrogen-bond acceptors (Lipinski definition) is 4. The van der Waals surface area contributed by atoms with Gasteiger partial charge >= 0.3 is 6.09 Å². The topological polar surface area (TPSA) is 67.6 Å². The predicted octanol–water partition coefficient (Wildman–Crippen LogP) is 1.25. The Balaban J connectivity index is 1.75. The monoisotopic (exact) mass is 249 g/mol. The number of rotatable bonds is 3. The number of hydrazine groups is 1. The Morgan fingerprint density at radius 1 is 1.33 bits per heavy atom. The Bertz CT molecular complexity index is 375. The predicted molar refractivity (Wildman–Crippen MR) is 68.5 cm³/mol. The zero-order chi connectivity index (χ0) is 12.8. The summed E-state index contributed by atoms with van der Waals surface area (Å²) in [6.45, 7) is 1.72.